The third-order valence-electron chi connectivity index (χ3n) is 8.47. The molecule has 41 heavy (non-hydrogen) atoms. The number of amides is 1. The van der Waals surface area contributed by atoms with Crippen LogP contribution in [0, 0.1) is 23.6 Å². The van der Waals surface area contributed by atoms with E-state index in [1.165, 1.54) is 24.5 Å². The Labute approximate surface area is 242 Å². The van der Waals surface area contributed by atoms with Crippen molar-refractivity contribution < 1.29 is 22.3 Å². The van der Waals surface area contributed by atoms with Crippen molar-refractivity contribution in [3.63, 3.8) is 0 Å². The lowest BCUT2D eigenvalue weighted by Crippen LogP contribution is -2.42. The number of fused-ring (bicyclic) bond motifs is 1. The Morgan fingerprint density at radius 3 is 2.51 bits per heavy atom. The average Bonchev–Trinajstić information content (AvgIpc) is 3.26. The number of likely N-dealkylation sites (tertiary alicyclic amines) is 1. The predicted octanol–water partition coefficient (Wildman–Crippen LogP) is 3.36. The molecule has 1 saturated carbocycles. The summed E-state index contributed by atoms with van der Waals surface area (Å²) in [5.74, 6) is 1.90. The minimum atomic E-state index is -3.16. The summed E-state index contributed by atoms with van der Waals surface area (Å²) < 4.78 is 47.2. The van der Waals surface area contributed by atoms with Crippen LogP contribution < -0.4 is 14.4 Å². The van der Waals surface area contributed by atoms with Crippen molar-refractivity contribution in [2.24, 2.45) is 17.8 Å². The van der Waals surface area contributed by atoms with Crippen molar-refractivity contribution in [2.75, 3.05) is 43.4 Å². The number of ether oxygens (including phenoxy) is 1. The maximum atomic E-state index is 14.3. The number of hydrogen-bond acceptors (Lipinski definition) is 8. The molecular weight excluding hydrogens is 547 g/mol. The number of piperidine rings is 1. The van der Waals surface area contributed by atoms with Crippen LogP contribution in [0.4, 0.5) is 10.2 Å². The molecule has 1 aromatic carbocycles. The molecule has 2 unspecified atom stereocenters. The van der Waals surface area contributed by atoms with Gasteiger partial charge in [-0.15, -0.1) is 0 Å². The molecule has 1 N–H and O–H groups in total. The van der Waals surface area contributed by atoms with Gasteiger partial charge >= 0.3 is 0 Å². The number of benzene rings is 1. The van der Waals surface area contributed by atoms with Gasteiger partial charge in [0.25, 0.3) is 5.91 Å². The molecule has 3 heterocycles. The Morgan fingerprint density at radius 1 is 1.15 bits per heavy atom. The van der Waals surface area contributed by atoms with E-state index in [2.05, 4.69) is 24.5 Å². The second-order valence-electron chi connectivity index (χ2n) is 12.0. The van der Waals surface area contributed by atoms with Crippen molar-refractivity contribution in [1.82, 2.24) is 24.5 Å². The molecule has 1 aromatic heterocycles. The van der Waals surface area contributed by atoms with Crippen molar-refractivity contribution >= 4 is 21.7 Å². The van der Waals surface area contributed by atoms with Crippen LogP contribution in [-0.4, -0.2) is 90.7 Å². The summed E-state index contributed by atoms with van der Waals surface area (Å²) in [7, 11) is -3.16. The molecule has 0 radical (unpaired) electrons. The minimum Gasteiger partial charge on any atom is -0.451 e. The second-order valence-corrected chi connectivity index (χ2v) is 14.1. The quantitative estimate of drug-likeness (QED) is 0.426. The van der Waals surface area contributed by atoms with E-state index in [4.69, 9.17) is 4.74 Å². The highest BCUT2D eigenvalue weighted by Gasteiger charge is 2.57. The lowest BCUT2D eigenvalue weighted by molar-refractivity contribution is 0.0640. The standard InChI is InChI=1S/C29H41FN6O4S/c1-6-41(38,39)33-27-23-15-34(16-24(23)27)13-20-9-10-35(14-20)28-26(12-31-17-32-28)40-25-8-7-21(30)11-22(25)29(37)36(18(2)3)19(4)5/h7-8,11-12,17-20,23-24,27,33H,6,9-10,13-16H2,1-5H3/t20-,23?,24?,27?/m0/s1. The molecule has 5 rings (SSSR count). The largest absolute Gasteiger partial charge is 0.451 e. The molecule has 0 bridgehead atoms. The summed E-state index contributed by atoms with van der Waals surface area (Å²) in [5, 5.41) is 0. The van der Waals surface area contributed by atoms with Gasteiger partial charge in [0.1, 0.15) is 17.9 Å². The SMILES string of the molecule is CCS(=O)(=O)NC1C2CN(C[C@@H]3CCN(c4ncncc4Oc4ccc(F)cc4C(=O)N(C(C)C)C(C)C)C3)CC21. The van der Waals surface area contributed by atoms with E-state index < -0.39 is 15.8 Å². The number of sulfonamides is 1. The Bertz CT molecular complexity index is 1350. The van der Waals surface area contributed by atoms with Gasteiger partial charge in [-0.3, -0.25) is 4.79 Å². The molecule has 2 saturated heterocycles. The zero-order valence-corrected chi connectivity index (χ0v) is 25.3. The van der Waals surface area contributed by atoms with Crippen LogP contribution in [0.1, 0.15) is 51.4 Å². The number of nitrogens with one attached hydrogen (secondary N) is 1. The second kappa shape index (κ2) is 11.8. The van der Waals surface area contributed by atoms with Crippen LogP contribution in [0.2, 0.25) is 0 Å². The fraction of sp³-hybridized carbons (Fsp3) is 0.621. The molecular formula is C29H41FN6O4S. The normalized spacial score (nSPS) is 24.2. The molecule has 0 spiro atoms. The number of hydrogen-bond donors (Lipinski definition) is 1. The zero-order valence-electron chi connectivity index (χ0n) is 24.5. The number of carbonyl (C=O) groups is 1. The van der Waals surface area contributed by atoms with Gasteiger partial charge in [-0.1, -0.05) is 0 Å². The molecule has 3 aliphatic rings. The molecule has 3 fully saturated rings. The zero-order chi connectivity index (χ0) is 29.5. The van der Waals surface area contributed by atoms with Crippen LogP contribution in [0.25, 0.3) is 0 Å². The van der Waals surface area contributed by atoms with Crippen LogP contribution in [0.3, 0.4) is 0 Å². The highest BCUT2D eigenvalue weighted by Crippen LogP contribution is 2.46. The summed E-state index contributed by atoms with van der Waals surface area (Å²) >= 11 is 0. The highest BCUT2D eigenvalue weighted by molar-refractivity contribution is 7.89. The summed E-state index contributed by atoms with van der Waals surface area (Å²) in [6.45, 7) is 13.8. The number of halogens is 1. The third-order valence-corrected chi connectivity index (χ3v) is 9.86. The summed E-state index contributed by atoms with van der Waals surface area (Å²) in [4.78, 5) is 28.5. The van der Waals surface area contributed by atoms with Gasteiger partial charge in [-0.05, 0) is 77.0 Å². The van der Waals surface area contributed by atoms with Crippen LogP contribution in [-0.2, 0) is 10.0 Å². The first kappa shape index (κ1) is 29.7. The van der Waals surface area contributed by atoms with E-state index >= 15 is 0 Å². The van der Waals surface area contributed by atoms with Gasteiger partial charge in [0, 0.05) is 50.8 Å². The molecule has 224 valence electrons. The first-order valence-electron chi connectivity index (χ1n) is 14.5. The van der Waals surface area contributed by atoms with Gasteiger partial charge in [0.05, 0.1) is 17.5 Å². The van der Waals surface area contributed by atoms with Gasteiger partial charge in [-0.25, -0.2) is 27.5 Å². The molecule has 2 aliphatic heterocycles. The van der Waals surface area contributed by atoms with E-state index in [0.29, 0.717) is 29.3 Å². The van der Waals surface area contributed by atoms with Gasteiger partial charge in [-0.2, -0.15) is 0 Å². The van der Waals surface area contributed by atoms with Crippen LogP contribution in [0.5, 0.6) is 11.5 Å². The number of aromatic nitrogens is 2. The molecule has 2 aromatic rings. The van der Waals surface area contributed by atoms with Crippen molar-refractivity contribution in [1.29, 1.82) is 0 Å². The smallest absolute Gasteiger partial charge is 0.258 e. The first-order valence-corrected chi connectivity index (χ1v) is 16.2. The molecule has 10 nitrogen and oxygen atoms in total. The van der Waals surface area contributed by atoms with E-state index in [0.717, 1.165) is 39.1 Å². The maximum absolute atomic E-state index is 14.3. The fourth-order valence-corrected chi connectivity index (χ4v) is 7.40. The summed E-state index contributed by atoms with van der Waals surface area (Å²) in [6, 6.07) is 3.95. The predicted molar refractivity (Wildman–Crippen MR) is 155 cm³/mol. The topological polar surface area (TPSA) is 108 Å². The van der Waals surface area contributed by atoms with Crippen molar-refractivity contribution in [2.45, 2.75) is 59.2 Å². The summed E-state index contributed by atoms with van der Waals surface area (Å²) in [6.07, 6.45) is 4.07. The van der Waals surface area contributed by atoms with E-state index in [1.807, 2.05) is 27.7 Å². The minimum absolute atomic E-state index is 0.0659. The first-order chi connectivity index (χ1) is 19.5. The van der Waals surface area contributed by atoms with Crippen molar-refractivity contribution in [3.05, 3.63) is 42.1 Å². The monoisotopic (exact) mass is 588 g/mol. The highest BCUT2D eigenvalue weighted by atomic mass is 32.2. The molecule has 3 atom stereocenters. The van der Waals surface area contributed by atoms with E-state index in [1.54, 1.807) is 18.0 Å². The van der Waals surface area contributed by atoms with Crippen LogP contribution >= 0.6 is 0 Å². The van der Waals surface area contributed by atoms with Crippen molar-refractivity contribution in [3.8, 4) is 11.5 Å². The van der Waals surface area contributed by atoms with E-state index in [-0.39, 0.29) is 41.1 Å². The Morgan fingerprint density at radius 2 is 1.85 bits per heavy atom. The lowest BCUT2D eigenvalue weighted by Gasteiger charge is -2.31. The van der Waals surface area contributed by atoms with Gasteiger partial charge in [0.15, 0.2) is 11.6 Å². The Balaban J connectivity index is 1.24. The molecule has 12 heteroatoms. The fourth-order valence-electron chi connectivity index (χ4n) is 6.47. The van der Waals surface area contributed by atoms with Gasteiger partial charge in [0.2, 0.25) is 10.0 Å². The maximum Gasteiger partial charge on any atom is 0.258 e. The number of nitrogens with zero attached hydrogens (tertiary/aromatic N) is 5. The lowest BCUT2D eigenvalue weighted by atomic mass is 10.1. The third kappa shape index (κ3) is 6.49. The summed E-state index contributed by atoms with van der Waals surface area (Å²) in [5.41, 5.74) is 0.161. The average molecular weight is 589 g/mol. The Hall–Kier alpha value is -2.83. The Kier molecular flexibility index (Phi) is 8.54. The number of carbonyl (C=O) groups excluding carboxylic acids is 1. The van der Waals surface area contributed by atoms with E-state index in [9.17, 15) is 17.6 Å². The number of rotatable bonds is 11. The molecule has 1 aliphatic carbocycles. The van der Waals surface area contributed by atoms with Gasteiger partial charge < -0.3 is 19.4 Å². The van der Waals surface area contributed by atoms with Crippen LogP contribution in [0.15, 0.2) is 30.7 Å². The number of anilines is 1. The molecule has 1 amide bonds.